The maximum absolute atomic E-state index is 4.13. The molecule has 2 heterocycles. The minimum absolute atomic E-state index is 0.559. The second-order valence-corrected chi connectivity index (χ2v) is 15.7. The molecule has 3 unspecified atom stereocenters. The van der Waals surface area contributed by atoms with Gasteiger partial charge in [0.05, 0.1) is 0 Å². The molecule has 0 radical (unpaired) electrons. The van der Waals surface area contributed by atoms with Crippen molar-refractivity contribution in [1.82, 2.24) is 9.55 Å². The number of fused-ring (bicyclic) bond motifs is 6. The van der Waals surface area contributed by atoms with Gasteiger partial charge in [-0.1, -0.05) is 120 Å². The van der Waals surface area contributed by atoms with Gasteiger partial charge in [-0.3, -0.25) is 0 Å². The monoisotopic (exact) mass is 602 g/mol. The number of H-pyrrole nitrogens is 1. The lowest BCUT2D eigenvalue weighted by molar-refractivity contribution is 0.228. The van der Waals surface area contributed by atoms with Crippen LogP contribution in [0.5, 0.6) is 0 Å². The fourth-order valence-corrected chi connectivity index (χ4v) is 11.0. The Morgan fingerprint density at radius 3 is 1.82 bits per heavy atom. The van der Waals surface area contributed by atoms with Crippen LogP contribution in [-0.2, 0) is 12.8 Å². The third-order valence-electron chi connectivity index (χ3n) is 13.1. The highest BCUT2D eigenvalue weighted by Gasteiger charge is 2.42. The number of rotatable bonds is 3. The van der Waals surface area contributed by atoms with Crippen molar-refractivity contribution < 1.29 is 0 Å². The lowest BCUT2D eigenvalue weighted by Gasteiger charge is -2.42. The van der Waals surface area contributed by atoms with Crippen LogP contribution in [0.15, 0.2) is 48.5 Å². The molecule has 2 saturated carbocycles. The summed E-state index contributed by atoms with van der Waals surface area (Å²) in [6, 6.07) is 19.5. The third kappa shape index (κ3) is 5.82. The van der Waals surface area contributed by atoms with E-state index in [0.29, 0.717) is 12.0 Å². The topological polar surface area (TPSA) is 20.7 Å². The van der Waals surface area contributed by atoms with Gasteiger partial charge in [0.25, 0.3) is 0 Å². The van der Waals surface area contributed by atoms with E-state index >= 15 is 0 Å². The smallest absolute Gasteiger partial charge is 0.0488 e. The molecule has 4 aliphatic rings. The zero-order chi connectivity index (χ0) is 30.0. The molecule has 2 heteroatoms. The Balaban J connectivity index is 1.28. The van der Waals surface area contributed by atoms with Gasteiger partial charge in [-0.05, 0) is 92.9 Å². The van der Waals surface area contributed by atoms with Crippen LogP contribution < -0.4 is 0 Å². The van der Waals surface area contributed by atoms with Crippen molar-refractivity contribution in [3.8, 4) is 0 Å². The number of nitrogens with one attached hydrogen (secondary N) is 1. The quantitative estimate of drug-likeness (QED) is 0.241. The van der Waals surface area contributed by atoms with Crippen molar-refractivity contribution in [2.75, 3.05) is 0 Å². The number of aryl methyl sites for hydroxylation is 2. The third-order valence-corrected chi connectivity index (χ3v) is 13.1. The first kappa shape index (κ1) is 29.9. The minimum Gasteiger partial charge on any atom is -0.358 e. The number of aromatic nitrogens is 2. The minimum atomic E-state index is 0.559. The van der Waals surface area contributed by atoms with Crippen molar-refractivity contribution in [2.24, 2.45) is 11.8 Å². The molecule has 4 aromatic rings. The van der Waals surface area contributed by atoms with Gasteiger partial charge in [0.1, 0.15) is 0 Å². The van der Waals surface area contributed by atoms with Crippen LogP contribution in [0.2, 0.25) is 0 Å². The summed E-state index contributed by atoms with van der Waals surface area (Å²) in [5.74, 6) is 2.96. The first-order valence-electron chi connectivity index (χ1n) is 19.6. The van der Waals surface area contributed by atoms with E-state index in [-0.39, 0.29) is 0 Å². The number of hydrogen-bond acceptors (Lipinski definition) is 0. The van der Waals surface area contributed by atoms with E-state index in [1.165, 1.54) is 152 Å². The highest BCUT2D eigenvalue weighted by Crippen LogP contribution is 2.53. The van der Waals surface area contributed by atoms with Crippen molar-refractivity contribution in [2.45, 2.75) is 159 Å². The fraction of sp³-hybridized carbons (Fsp3) is 0.628. The normalized spacial score (nSPS) is 26.5. The zero-order valence-corrected chi connectivity index (χ0v) is 28.0. The SMILES string of the molecule is c1ccc2c3c([nH]c2c1)C(C1CCCCCCCCC1)C(n1c2c(c4ccccc41)CCCC2C1CCCCCCCC1)CC3. The van der Waals surface area contributed by atoms with E-state index in [4.69, 9.17) is 0 Å². The van der Waals surface area contributed by atoms with Gasteiger partial charge < -0.3 is 9.55 Å². The number of benzene rings is 2. The molecule has 0 saturated heterocycles. The molecular formula is C43H58N2. The summed E-state index contributed by atoms with van der Waals surface area (Å²) < 4.78 is 3.05. The molecule has 45 heavy (non-hydrogen) atoms. The molecule has 0 amide bonds. The second kappa shape index (κ2) is 13.7. The van der Waals surface area contributed by atoms with Crippen LogP contribution in [0.25, 0.3) is 21.8 Å². The molecule has 2 fully saturated rings. The predicted octanol–water partition coefficient (Wildman–Crippen LogP) is 12.7. The van der Waals surface area contributed by atoms with Crippen molar-refractivity contribution in [3.63, 3.8) is 0 Å². The first-order chi connectivity index (χ1) is 22.4. The van der Waals surface area contributed by atoms with Gasteiger partial charge in [0.15, 0.2) is 0 Å². The zero-order valence-electron chi connectivity index (χ0n) is 28.0. The molecule has 0 bridgehead atoms. The van der Waals surface area contributed by atoms with E-state index in [1.807, 2.05) is 0 Å². The van der Waals surface area contributed by atoms with Gasteiger partial charge in [0.2, 0.25) is 0 Å². The largest absolute Gasteiger partial charge is 0.358 e. The van der Waals surface area contributed by atoms with E-state index in [2.05, 4.69) is 58.1 Å². The Morgan fingerprint density at radius 2 is 1.11 bits per heavy atom. The average molecular weight is 603 g/mol. The molecule has 1 N–H and O–H groups in total. The molecule has 2 nitrogen and oxygen atoms in total. The highest BCUT2D eigenvalue weighted by atomic mass is 15.1. The number of para-hydroxylation sites is 2. The van der Waals surface area contributed by atoms with E-state index in [9.17, 15) is 0 Å². The molecule has 0 spiro atoms. The summed E-state index contributed by atoms with van der Waals surface area (Å²) in [6.45, 7) is 0. The van der Waals surface area contributed by atoms with Crippen LogP contribution in [-0.4, -0.2) is 9.55 Å². The lowest BCUT2D eigenvalue weighted by atomic mass is 9.70. The molecule has 8 rings (SSSR count). The summed E-state index contributed by atoms with van der Waals surface area (Å²) in [7, 11) is 0. The van der Waals surface area contributed by atoms with Gasteiger partial charge in [-0.15, -0.1) is 0 Å². The maximum Gasteiger partial charge on any atom is 0.0488 e. The van der Waals surface area contributed by atoms with Crippen molar-refractivity contribution in [3.05, 3.63) is 71.0 Å². The Hall–Kier alpha value is -2.48. The van der Waals surface area contributed by atoms with Crippen LogP contribution in [0.4, 0.5) is 0 Å². The van der Waals surface area contributed by atoms with Gasteiger partial charge >= 0.3 is 0 Å². The summed E-state index contributed by atoms with van der Waals surface area (Å²) in [4.78, 5) is 4.13. The Morgan fingerprint density at radius 1 is 0.511 bits per heavy atom. The van der Waals surface area contributed by atoms with Crippen molar-refractivity contribution >= 4 is 21.8 Å². The van der Waals surface area contributed by atoms with Gasteiger partial charge in [0, 0.05) is 51.1 Å². The van der Waals surface area contributed by atoms with E-state index in [1.54, 1.807) is 33.4 Å². The van der Waals surface area contributed by atoms with Crippen molar-refractivity contribution in [1.29, 1.82) is 0 Å². The number of aromatic amines is 1. The maximum atomic E-state index is 4.13. The summed E-state index contributed by atoms with van der Waals surface area (Å²) in [5, 5.41) is 3.09. The van der Waals surface area contributed by atoms with Crippen LogP contribution >= 0.6 is 0 Å². The standard InChI is InChI=1S/C43H58N2/c1-2-8-12-21-32(22-13-9-3-1)41-40(30-29-36-34-23-14-16-27-38(34)44-42(36)41)45-39-28-17-15-24-35(39)37-26-18-25-33(43(37)45)31-19-10-6-4-5-7-11-20-31/h14-17,23-24,27-28,31-33,40-41,44H,1-13,18-22,25-26,29-30H2. The molecule has 4 aliphatic carbocycles. The molecule has 2 aromatic carbocycles. The summed E-state index contributed by atoms with van der Waals surface area (Å²) in [5.41, 5.74) is 9.76. The number of hydrogen-bond donors (Lipinski definition) is 1. The second-order valence-electron chi connectivity index (χ2n) is 15.7. The predicted molar refractivity (Wildman–Crippen MR) is 191 cm³/mol. The Labute approximate surface area is 272 Å². The van der Waals surface area contributed by atoms with Gasteiger partial charge in [-0.25, -0.2) is 0 Å². The first-order valence-corrected chi connectivity index (χ1v) is 19.6. The van der Waals surface area contributed by atoms with Crippen LogP contribution in [0.1, 0.15) is 169 Å². The molecule has 2 aromatic heterocycles. The fourth-order valence-electron chi connectivity index (χ4n) is 11.0. The van der Waals surface area contributed by atoms with Gasteiger partial charge in [-0.2, -0.15) is 0 Å². The summed E-state index contributed by atoms with van der Waals surface area (Å²) in [6.07, 6.45) is 31.0. The Bertz CT molecular complexity index is 1550. The molecule has 3 atom stereocenters. The van der Waals surface area contributed by atoms with Crippen LogP contribution in [0, 0.1) is 11.8 Å². The lowest BCUT2D eigenvalue weighted by Crippen LogP contribution is -2.32. The van der Waals surface area contributed by atoms with E-state index < -0.39 is 0 Å². The van der Waals surface area contributed by atoms with E-state index in [0.717, 1.165) is 17.8 Å². The average Bonchev–Trinajstić information content (AvgIpc) is 3.66. The summed E-state index contributed by atoms with van der Waals surface area (Å²) >= 11 is 0. The Kier molecular flexibility index (Phi) is 9.11. The van der Waals surface area contributed by atoms with Crippen LogP contribution in [0.3, 0.4) is 0 Å². The highest BCUT2D eigenvalue weighted by molar-refractivity contribution is 5.87. The molecule has 0 aliphatic heterocycles. The molecule has 240 valence electrons. The number of nitrogens with zero attached hydrogens (tertiary/aromatic N) is 1. The molecular weight excluding hydrogens is 544 g/mol.